The lowest BCUT2D eigenvalue weighted by Crippen LogP contribution is -2.00. The standard InChI is InChI=1S/C12H14N4/c1-2-4-10(3-1)11-5-8-16(15-11)12-9-13-6-7-14-12/h5-10H,1-4H2. The van der Waals surface area contributed by atoms with Crippen LogP contribution in [0.5, 0.6) is 0 Å². The van der Waals surface area contributed by atoms with Crippen molar-refractivity contribution in [2.45, 2.75) is 31.6 Å². The van der Waals surface area contributed by atoms with Crippen LogP contribution in [0.25, 0.3) is 5.82 Å². The summed E-state index contributed by atoms with van der Waals surface area (Å²) in [4.78, 5) is 8.27. The van der Waals surface area contributed by atoms with Crippen molar-refractivity contribution in [1.82, 2.24) is 19.7 Å². The maximum atomic E-state index is 4.58. The zero-order valence-electron chi connectivity index (χ0n) is 9.08. The van der Waals surface area contributed by atoms with Gasteiger partial charge in [0, 0.05) is 24.5 Å². The van der Waals surface area contributed by atoms with Crippen molar-refractivity contribution in [3.63, 3.8) is 0 Å². The largest absolute Gasteiger partial charge is 0.259 e. The maximum Gasteiger partial charge on any atom is 0.171 e. The number of hydrogen-bond acceptors (Lipinski definition) is 3. The highest BCUT2D eigenvalue weighted by atomic mass is 15.3. The molecule has 2 aromatic rings. The summed E-state index contributed by atoms with van der Waals surface area (Å²) in [5.74, 6) is 1.43. The van der Waals surface area contributed by atoms with Gasteiger partial charge in [0.1, 0.15) is 0 Å². The highest BCUT2D eigenvalue weighted by Crippen LogP contribution is 2.32. The SMILES string of the molecule is c1cnc(-n2ccc(C3CCCC3)n2)cn1. The molecule has 0 radical (unpaired) electrons. The third kappa shape index (κ3) is 1.71. The molecule has 82 valence electrons. The molecule has 4 heteroatoms. The quantitative estimate of drug-likeness (QED) is 0.770. The van der Waals surface area contributed by atoms with Crippen LogP contribution in [-0.4, -0.2) is 19.7 Å². The van der Waals surface area contributed by atoms with E-state index in [1.807, 2.05) is 6.20 Å². The Morgan fingerprint density at radius 2 is 2.06 bits per heavy atom. The molecule has 1 aliphatic rings. The first-order valence-corrected chi connectivity index (χ1v) is 5.75. The van der Waals surface area contributed by atoms with Crippen LogP contribution < -0.4 is 0 Å². The van der Waals surface area contributed by atoms with Crippen molar-refractivity contribution < 1.29 is 0 Å². The van der Waals surface area contributed by atoms with Gasteiger partial charge in [-0.2, -0.15) is 5.10 Å². The molecule has 0 atom stereocenters. The van der Waals surface area contributed by atoms with Gasteiger partial charge >= 0.3 is 0 Å². The predicted octanol–water partition coefficient (Wildman–Crippen LogP) is 2.32. The molecular formula is C12H14N4. The minimum Gasteiger partial charge on any atom is -0.259 e. The molecule has 0 aliphatic heterocycles. The Labute approximate surface area is 94.4 Å². The van der Waals surface area contributed by atoms with Gasteiger partial charge in [0.05, 0.1) is 11.9 Å². The highest BCUT2D eigenvalue weighted by molar-refractivity contribution is 5.18. The van der Waals surface area contributed by atoms with E-state index < -0.39 is 0 Å². The van der Waals surface area contributed by atoms with Crippen molar-refractivity contribution in [3.8, 4) is 5.82 Å². The molecule has 0 bridgehead atoms. The first kappa shape index (κ1) is 9.51. The van der Waals surface area contributed by atoms with Gasteiger partial charge in [0.15, 0.2) is 5.82 Å². The van der Waals surface area contributed by atoms with E-state index >= 15 is 0 Å². The van der Waals surface area contributed by atoms with Crippen LogP contribution in [0.4, 0.5) is 0 Å². The third-order valence-corrected chi connectivity index (χ3v) is 3.17. The van der Waals surface area contributed by atoms with Crippen LogP contribution >= 0.6 is 0 Å². The summed E-state index contributed by atoms with van der Waals surface area (Å²) in [5, 5.41) is 4.58. The molecule has 1 saturated carbocycles. The Kier molecular flexibility index (Phi) is 2.40. The van der Waals surface area contributed by atoms with Gasteiger partial charge in [0.25, 0.3) is 0 Å². The summed E-state index contributed by atoms with van der Waals surface area (Å²) >= 11 is 0. The molecule has 1 fully saturated rings. The van der Waals surface area contributed by atoms with Gasteiger partial charge in [0.2, 0.25) is 0 Å². The third-order valence-electron chi connectivity index (χ3n) is 3.17. The second kappa shape index (κ2) is 4.04. The Morgan fingerprint density at radius 3 is 2.81 bits per heavy atom. The first-order valence-electron chi connectivity index (χ1n) is 5.75. The Hall–Kier alpha value is -1.71. The van der Waals surface area contributed by atoms with Crippen LogP contribution in [0.3, 0.4) is 0 Å². The molecule has 2 heterocycles. The van der Waals surface area contributed by atoms with Gasteiger partial charge in [-0.3, -0.25) is 4.98 Å². The molecule has 16 heavy (non-hydrogen) atoms. The summed E-state index contributed by atoms with van der Waals surface area (Å²) in [7, 11) is 0. The normalized spacial score (nSPS) is 16.8. The van der Waals surface area contributed by atoms with Gasteiger partial charge in [-0.05, 0) is 18.9 Å². The van der Waals surface area contributed by atoms with E-state index in [0.717, 1.165) is 5.82 Å². The molecule has 0 unspecified atom stereocenters. The monoisotopic (exact) mass is 214 g/mol. The lowest BCUT2D eigenvalue weighted by Gasteiger charge is -2.03. The van der Waals surface area contributed by atoms with E-state index in [4.69, 9.17) is 0 Å². The summed E-state index contributed by atoms with van der Waals surface area (Å²) in [5.41, 5.74) is 1.20. The van der Waals surface area contributed by atoms with Gasteiger partial charge in [-0.1, -0.05) is 12.8 Å². The van der Waals surface area contributed by atoms with Crippen molar-refractivity contribution in [3.05, 3.63) is 36.5 Å². The van der Waals surface area contributed by atoms with Crippen molar-refractivity contribution >= 4 is 0 Å². The van der Waals surface area contributed by atoms with Crippen LogP contribution in [0, 0.1) is 0 Å². The smallest absolute Gasteiger partial charge is 0.171 e. The van der Waals surface area contributed by atoms with Crippen molar-refractivity contribution in [2.75, 3.05) is 0 Å². The second-order valence-corrected chi connectivity index (χ2v) is 4.23. The molecule has 0 amide bonds. The van der Waals surface area contributed by atoms with E-state index in [2.05, 4.69) is 21.1 Å². The van der Waals surface area contributed by atoms with Crippen molar-refractivity contribution in [1.29, 1.82) is 0 Å². The summed E-state index contributed by atoms with van der Waals surface area (Å²) in [6, 6.07) is 2.10. The van der Waals surface area contributed by atoms with Gasteiger partial charge in [-0.15, -0.1) is 0 Å². The Balaban J connectivity index is 1.87. The lowest BCUT2D eigenvalue weighted by atomic mass is 10.1. The average molecular weight is 214 g/mol. The summed E-state index contributed by atoms with van der Waals surface area (Å²) < 4.78 is 1.81. The number of aromatic nitrogens is 4. The highest BCUT2D eigenvalue weighted by Gasteiger charge is 2.19. The first-order chi connectivity index (χ1) is 7.93. The fourth-order valence-corrected chi connectivity index (χ4v) is 2.31. The van der Waals surface area contributed by atoms with Gasteiger partial charge in [-0.25, -0.2) is 9.67 Å². The lowest BCUT2D eigenvalue weighted by molar-refractivity contribution is 0.675. The Morgan fingerprint density at radius 1 is 1.19 bits per heavy atom. The average Bonchev–Trinajstić information content (AvgIpc) is 3.01. The molecule has 0 N–H and O–H groups in total. The number of hydrogen-bond donors (Lipinski definition) is 0. The summed E-state index contributed by atoms with van der Waals surface area (Å²) in [6.07, 6.45) is 12.3. The zero-order valence-corrected chi connectivity index (χ0v) is 9.08. The van der Waals surface area contributed by atoms with E-state index in [1.165, 1.54) is 31.4 Å². The molecule has 3 rings (SSSR count). The second-order valence-electron chi connectivity index (χ2n) is 4.23. The van der Waals surface area contributed by atoms with Crippen LogP contribution in [0.15, 0.2) is 30.9 Å². The van der Waals surface area contributed by atoms with Crippen LogP contribution in [-0.2, 0) is 0 Å². The molecule has 4 nitrogen and oxygen atoms in total. The molecule has 0 spiro atoms. The minimum absolute atomic E-state index is 0.651. The molecule has 1 aliphatic carbocycles. The van der Waals surface area contributed by atoms with E-state index in [9.17, 15) is 0 Å². The summed E-state index contributed by atoms with van der Waals surface area (Å²) in [6.45, 7) is 0. The zero-order chi connectivity index (χ0) is 10.8. The predicted molar refractivity (Wildman–Crippen MR) is 60.4 cm³/mol. The van der Waals surface area contributed by atoms with Gasteiger partial charge < -0.3 is 0 Å². The van der Waals surface area contributed by atoms with E-state index in [-0.39, 0.29) is 0 Å². The molecule has 0 saturated heterocycles. The van der Waals surface area contributed by atoms with Crippen LogP contribution in [0.1, 0.15) is 37.3 Å². The fraction of sp³-hybridized carbons (Fsp3) is 0.417. The van der Waals surface area contributed by atoms with E-state index in [0.29, 0.717) is 5.92 Å². The van der Waals surface area contributed by atoms with Crippen molar-refractivity contribution in [2.24, 2.45) is 0 Å². The molecule has 0 aromatic carbocycles. The fourth-order valence-electron chi connectivity index (χ4n) is 2.31. The maximum absolute atomic E-state index is 4.58. The topological polar surface area (TPSA) is 43.6 Å². The van der Waals surface area contributed by atoms with E-state index in [1.54, 1.807) is 23.3 Å². The minimum atomic E-state index is 0.651. The van der Waals surface area contributed by atoms with Crippen LogP contribution in [0.2, 0.25) is 0 Å². The Bertz CT molecular complexity index is 457. The molecule has 2 aromatic heterocycles. The number of nitrogens with zero attached hydrogens (tertiary/aromatic N) is 4. The number of rotatable bonds is 2. The molecular weight excluding hydrogens is 200 g/mol.